The van der Waals surface area contributed by atoms with Crippen LogP contribution in [0.1, 0.15) is 58.1 Å². The molecule has 3 N–H and O–H groups in total. The maximum absolute atomic E-state index is 13.5. The summed E-state index contributed by atoms with van der Waals surface area (Å²) in [6.07, 6.45) is 0.0473. The van der Waals surface area contributed by atoms with Crippen LogP contribution in [0.4, 0.5) is 0 Å². The van der Waals surface area contributed by atoms with E-state index in [1.54, 1.807) is 52.0 Å². The predicted molar refractivity (Wildman–Crippen MR) is 140 cm³/mol. The number of hydrogen-bond acceptors (Lipinski definition) is 8. The topological polar surface area (TPSA) is 118 Å². The maximum Gasteiger partial charge on any atom is 0.306 e. The second-order valence-electron chi connectivity index (χ2n) is 9.93. The predicted octanol–water partition coefficient (Wildman–Crippen LogP) is 3.29. The molecule has 2 aromatic rings. The third kappa shape index (κ3) is 8.03. The van der Waals surface area contributed by atoms with E-state index >= 15 is 0 Å². The third-order valence-electron chi connectivity index (χ3n) is 5.80. The van der Waals surface area contributed by atoms with Gasteiger partial charge >= 0.3 is 5.97 Å². The van der Waals surface area contributed by atoms with Gasteiger partial charge in [0.25, 0.3) is 5.91 Å². The molecule has 2 atom stereocenters. The van der Waals surface area contributed by atoms with Crippen LogP contribution in [-0.2, 0) is 25.6 Å². The van der Waals surface area contributed by atoms with Crippen LogP contribution in [0.3, 0.4) is 0 Å². The summed E-state index contributed by atoms with van der Waals surface area (Å²) in [5.41, 5.74) is 5.46. The summed E-state index contributed by atoms with van der Waals surface area (Å²) in [4.78, 5) is 30.7. The van der Waals surface area contributed by atoms with Gasteiger partial charge in [0.15, 0.2) is 5.54 Å². The van der Waals surface area contributed by atoms with Crippen LogP contribution in [0.25, 0.3) is 0 Å². The number of hydrogen-bond donors (Lipinski definition) is 3. The Bertz CT molecular complexity index is 1070. The molecule has 0 unspecified atom stereocenters. The molecule has 0 aliphatic carbocycles. The normalized spacial score (nSPS) is 19.1. The zero-order chi connectivity index (χ0) is 26.9. The van der Waals surface area contributed by atoms with E-state index in [0.717, 1.165) is 5.56 Å². The lowest BCUT2D eigenvalue weighted by Crippen LogP contribution is -2.54. The lowest BCUT2D eigenvalue weighted by atomic mass is 9.88. The molecule has 1 aliphatic heterocycles. The quantitative estimate of drug-likeness (QED) is 0.227. The number of carbonyl (C=O) groups excluding carboxylic acids is 2. The van der Waals surface area contributed by atoms with E-state index in [-0.39, 0.29) is 19.4 Å². The molecule has 0 spiro atoms. The lowest BCUT2D eigenvalue weighted by Gasteiger charge is -2.28. The molecule has 0 saturated heterocycles. The van der Waals surface area contributed by atoms with Crippen LogP contribution in [0.15, 0.2) is 59.6 Å². The van der Waals surface area contributed by atoms with E-state index in [1.165, 1.54) is 0 Å². The Morgan fingerprint density at radius 3 is 2.46 bits per heavy atom. The highest BCUT2D eigenvalue weighted by Crippen LogP contribution is 2.33. The smallest absolute Gasteiger partial charge is 0.306 e. The molecule has 0 bridgehead atoms. The van der Waals surface area contributed by atoms with Gasteiger partial charge in [-0.2, -0.15) is 0 Å². The second kappa shape index (κ2) is 12.7. The molecule has 9 heteroatoms. The molecule has 2 aromatic carbocycles. The van der Waals surface area contributed by atoms with Crippen molar-refractivity contribution in [1.29, 1.82) is 0 Å². The van der Waals surface area contributed by atoms with E-state index in [9.17, 15) is 9.59 Å². The van der Waals surface area contributed by atoms with Gasteiger partial charge in [-0.05, 0) is 63.9 Å². The average Bonchev–Trinajstić information content (AvgIpc) is 3.20. The summed E-state index contributed by atoms with van der Waals surface area (Å²) in [6, 6.07) is 16.8. The fourth-order valence-electron chi connectivity index (χ4n) is 3.87. The molecule has 1 aliphatic rings. The zero-order valence-electron chi connectivity index (χ0n) is 22.0. The number of esters is 1. The Labute approximate surface area is 218 Å². The van der Waals surface area contributed by atoms with Gasteiger partial charge in [0.2, 0.25) is 5.90 Å². The minimum Gasteiger partial charge on any atom is -0.494 e. The van der Waals surface area contributed by atoms with Gasteiger partial charge < -0.3 is 19.3 Å². The van der Waals surface area contributed by atoms with E-state index in [2.05, 4.69) is 10.9 Å². The van der Waals surface area contributed by atoms with Crippen molar-refractivity contribution >= 4 is 17.8 Å². The molecule has 0 aromatic heterocycles. The Balaban J connectivity index is 1.77. The van der Waals surface area contributed by atoms with Crippen molar-refractivity contribution in [3.8, 4) is 5.75 Å². The summed E-state index contributed by atoms with van der Waals surface area (Å²) in [7, 11) is 0. The molecule has 3 rings (SSSR count). The number of ether oxygens (including phenoxy) is 3. The number of aliphatic hydroxyl groups is 1. The van der Waals surface area contributed by atoms with E-state index < -0.39 is 29.1 Å². The first-order chi connectivity index (χ1) is 17.6. The van der Waals surface area contributed by atoms with Gasteiger partial charge in [-0.1, -0.05) is 30.3 Å². The largest absolute Gasteiger partial charge is 0.494 e. The van der Waals surface area contributed by atoms with Gasteiger partial charge in [-0.25, -0.2) is 10.4 Å². The first kappa shape index (κ1) is 28.1. The molecule has 0 saturated carbocycles. The van der Waals surface area contributed by atoms with Crippen molar-refractivity contribution in [2.75, 3.05) is 13.2 Å². The molecule has 1 amide bonds. The minimum absolute atomic E-state index is 0.00545. The van der Waals surface area contributed by atoms with E-state index in [4.69, 9.17) is 24.3 Å². The molecule has 200 valence electrons. The Kier molecular flexibility index (Phi) is 9.66. The second-order valence-corrected chi connectivity index (χ2v) is 9.93. The number of aliphatic hydroxyl groups excluding tert-OH is 1. The number of nitrogens with one attached hydrogen (secondary N) is 2. The Hall–Kier alpha value is -3.43. The van der Waals surface area contributed by atoms with Gasteiger partial charge in [-0.3, -0.25) is 15.0 Å². The zero-order valence-corrected chi connectivity index (χ0v) is 22.0. The van der Waals surface area contributed by atoms with Gasteiger partial charge in [0.05, 0.1) is 6.61 Å². The fourth-order valence-corrected chi connectivity index (χ4v) is 3.87. The van der Waals surface area contributed by atoms with Crippen LogP contribution < -0.4 is 15.6 Å². The van der Waals surface area contributed by atoms with Crippen molar-refractivity contribution in [2.45, 2.75) is 70.7 Å². The average molecular weight is 512 g/mol. The molecule has 37 heavy (non-hydrogen) atoms. The van der Waals surface area contributed by atoms with Crippen LogP contribution in [-0.4, -0.2) is 53.3 Å². The standard InChI is InChI=1S/C28H37N3O6/c1-20-28(16-15-24(33)37-27(2,3)4,26(34)31-29-19-21-9-6-5-7-10-21)30-25(36-20)22-11-13-23(14-12-22)35-18-8-17-32/h5-7,9-14,20,29,32H,8,15-19H2,1-4H3,(H,31,34)/t20-,28-/m0/s1. The Morgan fingerprint density at radius 1 is 1.11 bits per heavy atom. The van der Waals surface area contributed by atoms with Crippen molar-refractivity contribution < 1.29 is 28.9 Å². The number of nitrogens with zero attached hydrogens (tertiary/aromatic N) is 1. The van der Waals surface area contributed by atoms with Crippen molar-refractivity contribution in [2.24, 2.45) is 4.99 Å². The van der Waals surface area contributed by atoms with Crippen molar-refractivity contribution in [3.05, 3.63) is 65.7 Å². The molecule has 0 fully saturated rings. The monoisotopic (exact) mass is 511 g/mol. The molecular weight excluding hydrogens is 474 g/mol. The van der Waals surface area contributed by atoms with Crippen molar-refractivity contribution in [1.82, 2.24) is 10.9 Å². The highest BCUT2D eigenvalue weighted by atomic mass is 16.6. The number of aliphatic imine (C=N–C) groups is 1. The number of carbonyl (C=O) groups is 2. The number of hydrazine groups is 1. The van der Waals surface area contributed by atoms with Crippen LogP contribution in [0.2, 0.25) is 0 Å². The summed E-state index contributed by atoms with van der Waals surface area (Å²) in [5, 5.41) is 8.92. The molecule has 9 nitrogen and oxygen atoms in total. The number of rotatable bonds is 12. The number of benzene rings is 2. The van der Waals surface area contributed by atoms with Gasteiger partial charge in [-0.15, -0.1) is 0 Å². The molecule has 1 heterocycles. The fraction of sp³-hybridized carbons (Fsp3) is 0.464. The molecule has 0 radical (unpaired) electrons. The first-order valence-corrected chi connectivity index (χ1v) is 12.5. The van der Waals surface area contributed by atoms with E-state index in [1.807, 2.05) is 30.3 Å². The maximum atomic E-state index is 13.5. The van der Waals surface area contributed by atoms with Gasteiger partial charge in [0.1, 0.15) is 17.5 Å². The Morgan fingerprint density at radius 2 is 1.81 bits per heavy atom. The van der Waals surface area contributed by atoms with Crippen LogP contribution in [0.5, 0.6) is 5.75 Å². The van der Waals surface area contributed by atoms with E-state index in [0.29, 0.717) is 36.8 Å². The van der Waals surface area contributed by atoms with Crippen LogP contribution >= 0.6 is 0 Å². The minimum atomic E-state index is -1.33. The summed E-state index contributed by atoms with van der Waals surface area (Å²) < 4.78 is 17.1. The van der Waals surface area contributed by atoms with Crippen LogP contribution in [0, 0.1) is 0 Å². The summed E-state index contributed by atoms with van der Waals surface area (Å²) >= 11 is 0. The SMILES string of the molecule is C[C@@H]1OC(c2ccc(OCCCO)cc2)=N[C@]1(CCC(=O)OC(C)(C)C)C(=O)NNCc1ccccc1. The van der Waals surface area contributed by atoms with Gasteiger partial charge in [0, 0.05) is 31.6 Å². The highest BCUT2D eigenvalue weighted by molar-refractivity contribution is 6.00. The highest BCUT2D eigenvalue weighted by Gasteiger charge is 2.50. The molecular formula is C28H37N3O6. The first-order valence-electron chi connectivity index (χ1n) is 12.5. The third-order valence-corrected chi connectivity index (χ3v) is 5.80. The lowest BCUT2D eigenvalue weighted by molar-refractivity contribution is -0.155. The van der Waals surface area contributed by atoms with Crippen molar-refractivity contribution in [3.63, 3.8) is 0 Å². The number of amides is 1. The summed E-state index contributed by atoms with van der Waals surface area (Å²) in [6.45, 7) is 8.08. The summed E-state index contributed by atoms with van der Waals surface area (Å²) in [5.74, 6) is 0.176.